The molecule has 3 nitrogen and oxygen atoms in total. The third-order valence-corrected chi connectivity index (χ3v) is 5.26. The van der Waals surface area contributed by atoms with Gasteiger partial charge >= 0.3 is 0 Å². The highest BCUT2D eigenvalue weighted by molar-refractivity contribution is 5.68. The Morgan fingerprint density at radius 3 is 2.28 bits per heavy atom. The van der Waals surface area contributed by atoms with Crippen LogP contribution in [0.1, 0.15) is 62.8 Å². The number of aliphatic imine (C=N–C) groups is 1. The van der Waals surface area contributed by atoms with Crippen LogP contribution >= 0.6 is 0 Å². The predicted molar refractivity (Wildman–Crippen MR) is 148 cm³/mol. The van der Waals surface area contributed by atoms with Gasteiger partial charge in [0.05, 0.1) is 11.4 Å². The third-order valence-electron chi connectivity index (χ3n) is 5.26. The number of likely N-dealkylation sites (tertiary alicyclic amines) is 1. The van der Waals surface area contributed by atoms with Crippen LogP contribution in [0.3, 0.4) is 0 Å². The van der Waals surface area contributed by atoms with Crippen molar-refractivity contribution >= 4 is 24.2 Å². The molecule has 1 fully saturated rings. The molecule has 2 aromatic rings. The van der Waals surface area contributed by atoms with Crippen LogP contribution in [0, 0.1) is 19.8 Å². The van der Waals surface area contributed by atoms with Crippen molar-refractivity contribution in [1.29, 1.82) is 0 Å². The zero-order valence-corrected chi connectivity index (χ0v) is 22.0. The number of rotatable bonds is 4. The fourth-order valence-electron chi connectivity index (χ4n) is 3.62. The van der Waals surface area contributed by atoms with E-state index >= 15 is 0 Å². The molecule has 0 saturated carbocycles. The van der Waals surface area contributed by atoms with Crippen LogP contribution < -0.4 is 5.32 Å². The molecule has 178 valence electrons. The van der Waals surface area contributed by atoms with E-state index in [1.807, 2.05) is 52.1 Å². The van der Waals surface area contributed by atoms with Gasteiger partial charge in [0, 0.05) is 13.6 Å². The molecule has 1 atom stereocenters. The molecule has 1 N–H and O–H groups in total. The molecule has 0 aromatic heterocycles. The van der Waals surface area contributed by atoms with Crippen molar-refractivity contribution in [3.05, 3.63) is 65.2 Å². The zero-order valence-electron chi connectivity index (χ0n) is 22.0. The monoisotopic (exact) mass is 437 g/mol. The Balaban J connectivity index is 0.000000438. The van der Waals surface area contributed by atoms with Crippen LogP contribution in [-0.2, 0) is 6.42 Å². The molecule has 1 aliphatic heterocycles. The summed E-state index contributed by atoms with van der Waals surface area (Å²) >= 11 is 0. The molecule has 1 heterocycles. The summed E-state index contributed by atoms with van der Waals surface area (Å²) in [4.78, 5) is 6.30. The Morgan fingerprint density at radius 1 is 1.12 bits per heavy atom. The topological polar surface area (TPSA) is 27.6 Å². The van der Waals surface area contributed by atoms with Crippen molar-refractivity contribution in [3.63, 3.8) is 0 Å². The molecule has 0 bridgehead atoms. The molecule has 0 radical (unpaired) electrons. The summed E-state index contributed by atoms with van der Waals surface area (Å²) in [7, 11) is 4.08. The highest BCUT2D eigenvalue weighted by Crippen LogP contribution is 2.24. The quantitative estimate of drug-likeness (QED) is 0.491. The first-order valence-corrected chi connectivity index (χ1v) is 12.0. The SMILES string of the molecule is C=Cc1cc(C)cc(CC)c1.C=Nc1cc(C)ccc1NC.CC.CC1CCCN(C)C1. The number of benzene rings is 2. The highest BCUT2D eigenvalue weighted by atomic mass is 15.1. The lowest BCUT2D eigenvalue weighted by atomic mass is 10.0. The van der Waals surface area contributed by atoms with E-state index in [1.54, 1.807) is 0 Å². The third kappa shape index (κ3) is 11.9. The predicted octanol–water partition coefficient (Wildman–Crippen LogP) is 7.94. The highest BCUT2D eigenvalue weighted by Gasteiger charge is 2.11. The number of anilines is 1. The largest absolute Gasteiger partial charge is 0.386 e. The van der Waals surface area contributed by atoms with Gasteiger partial charge in [-0.05, 0) is 88.2 Å². The first-order valence-electron chi connectivity index (χ1n) is 12.0. The summed E-state index contributed by atoms with van der Waals surface area (Å²) in [5.74, 6) is 0.939. The maximum atomic E-state index is 3.89. The van der Waals surface area contributed by atoms with Gasteiger partial charge < -0.3 is 10.2 Å². The summed E-state index contributed by atoms with van der Waals surface area (Å²) in [5.41, 5.74) is 7.06. The van der Waals surface area contributed by atoms with Crippen LogP contribution in [0.15, 0.2) is 48.0 Å². The molecular weight excluding hydrogens is 390 g/mol. The average Bonchev–Trinajstić information content (AvgIpc) is 2.80. The van der Waals surface area contributed by atoms with Crippen molar-refractivity contribution in [1.82, 2.24) is 4.90 Å². The fourth-order valence-corrected chi connectivity index (χ4v) is 3.62. The molecule has 1 saturated heterocycles. The van der Waals surface area contributed by atoms with Crippen molar-refractivity contribution in [3.8, 4) is 0 Å². The Hall–Kier alpha value is -2.39. The van der Waals surface area contributed by atoms with Gasteiger partial charge in [-0.15, -0.1) is 0 Å². The van der Waals surface area contributed by atoms with Gasteiger partial charge in [-0.3, -0.25) is 4.99 Å². The molecule has 0 aliphatic carbocycles. The fraction of sp³-hybridized carbons (Fsp3) is 0.483. The lowest BCUT2D eigenvalue weighted by molar-refractivity contribution is 0.221. The first-order chi connectivity index (χ1) is 15.3. The van der Waals surface area contributed by atoms with Crippen LogP contribution in [0.5, 0.6) is 0 Å². The van der Waals surface area contributed by atoms with Crippen LogP contribution in [0.4, 0.5) is 11.4 Å². The molecule has 3 rings (SSSR count). The van der Waals surface area contributed by atoms with Crippen molar-refractivity contribution < 1.29 is 0 Å². The standard InChI is InChI=1S/C11H14.C9H12N2.C7H15N.C2H6/c1-4-10-6-9(3)7-11(5-2)8-10;1-7-4-5-8(10-2)9(6-7)11-3;1-7-4-3-5-8(2)6-7;1-2/h4,6-8H,1,5H2,2-3H3;4-6,10H,3H2,1-2H3;7H,3-6H2,1-2H3;1-2H3. The Labute approximate surface area is 198 Å². The van der Waals surface area contributed by atoms with Gasteiger partial charge in [0.15, 0.2) is 0 Å². The maximum Gasteiger partial charge on any atom is 0.0856 e. The van der Waals surface area contributed by atoms with E-state index in [9.17, 15) is 0 Å². The van der Waals surface area contributed by atoms with Crippen molar-refractivity contribution in [2.24, 2.45) is 10.9 Å². The van der Waals surface area contributed by atoms with E-state index in [2.05, 4.69) is 74.5 Å². The minimum atomic E-state index is 0.910. The van der Waals surface area contributed by atoms with Crippen molar-refractivity contribution in [2.75, 3.05) is 32.5 Å². The number of hydrogen-bond donors (Lipinski definition) is 1. The summed E-state index contributed by atoms with van der Waals surface area (Å²) in [6, 6.07) is 12.6. The summed E-state index contributed by atoms with van der Waals surface area (Å²) in [5, 5.41) is 3.04. The van der Waals surface area contributed by atoms with Gasteiger partial charge in [0.1, 0.15) is 0 Å². The van der Waals surface area contributed by atoms with E-state index in [4.69, 9.17) is 0 Å². The summed E-state index contributed by atoms with van der Waals surface area (Å²) < 4.78 is 0. The smallest absolute Gasteiger partial charge is 0.0856 e. The minimum Gasteiger partial charge on any atom is -0.386 e. The maximum absolute atomic E-state index is 3.89. The van der Waals surface area contributed by atoms with Gasteiger partial charge in [0.25, 0.3) is 0 Å². The van der Waals surface area contributed by atoms with Gasteiger partial charge in [0.2, 0.25) is 0 Å². The second-order valence-electron chi connectivity index (χ2n) is 8.25. The van der Waals surface area contributed by atoms with Gasteiger partial charge in [-0.2, -0.15) is 0 Å². The molecule has 0 amide bonds. The van der Waals surface area contributed by atoms with Gasteiger partial charge in [-0.25, -0.2) is 0 Å². The Morgan fingerprint density at radius 2 is 1.81 bits per heavy atom. The number of piperidine rings is 1. The first kappa shape index (κ1) is 29.6. The molecular formula is C29H47N3. The second kappa shape index (κ2) is 17.2. The lowest BCUT2D eigenvalue weighted by Gasteiger charge is -2.26. The second-order valence-corrected chi connectivity index (χ2v) is 8.25. The van der Waals surface area contributed by atoms with Crippen LogP contribution in [0.2, 0.25) is 0 Å². The zero-order chi connectivity index (χ0) is 24.5. The molecule has 0 spiro atoms. The number of nitrogens with zero attached hydrogens (tertiary/aromatic N) is 2. The minimum absolute atomic E-state index is 0.910. The van der Waals surface area contributed by atoms with Gasteiger partial charge in [-0.1, -0.05) is 70.2 Å². The number of hydrogen-bond acceptors (Lipinski definition) is 3. The lowest BCUT2D eigenvalue weighted by Crippen LogP contribution is -2.30. The average molecular weight is 438 g/mol. The van der Waals surface area contributed by atoms with E-state index < -0.39 is 0 Å². The molecule has 1 aliphatic rings. The Bertz CT molecular complexity index is 787. The normalized spacial score (nSPS) is 14.9. The molecule has 3 heteroatoms. The van der Waals surface area contributed by atoms with Crippen LogP contribution in [-0.4, -0.2) is 38.8 Å². The molecule has 32 heavy (non-hydrogen) atoms. The molecule has 1 unspecified atom stereocenters. The summed E-state index contributed by atoms with van der Waals surface area (Å²) in [6.45, 7) is 22.5. The Kier molecular flexibility index (Phi) is 15.9. The number of aryl methyl sites for hydroxylation is 3. The van der Waals surface area contributed by atoms with E-state index in [0.717, 1.165) is 23.7 Å². The molecule has 2 aromatic carbocycles. The van der Waals surface area contributed by atoms with Crippen molar-refractivity contribution in [2.45, 2.75) is 60.8 Å². The van der Waals surface area contributed by atoms with Crippen LogP contribution in [0.25, 0.3) is 6.08 Å². The summed E-state index contributed by atoms with van der Waals surface area (Å²) in [6.07, 6.45) is 5.83. The van der Waals surface area contributed by atoms with E-state index in [1.165, 1.54) is 48.2 Å². The van der Waals surface area contributed by atoms with E-state index in [-0.39, 0.29) is 0 Å². The van der Waals surface area contributed by atoms with E-state index in [0.29, 0.717) is 0 Å². The number of nitrogens with one attached hydrogen (secondary N) is 1.